The molecule has 0 atom stereocenters. The first-order valence-corrected chi connectivity index (χ1v) is 4.35. The van der Waals surface area contributed by atoms with Crippen LogP contribution in [0.5, 0.6) is 0 Å². The van der Waals surface area contributed by atoms with Crippen molar-refractivity contribution in [1.82, 2.24) is 4.98 Å². The summed E-state index contributed by atoms with van der Waals surface area (Å²) in [6.07, 6.45) is 1.45. The van der Waals surface area contributed by atoms with E-state index in [4.69, 9.17) is 0 Å². The van der Waals surface area contributed by atoms with E-state index < -0.39 is 5.97 Å². The molecule has 0 N–H and O–H groups in total. The highest BCUT2D eigenvalue weighted by atomic mass is 19.1. The van der Waals surface area contributed by atoms with Gasteiger partial charge in [-0.15, -0.1) is 0 Å². The van der Waals surface area contributed by atoms with Gasteiger partial charge < -0.3 is 4.74 Å². The molecule has 3 nitrogen and oxygen atoms in total. The fourth-order valence-corrected chi connectivity index (χ4v) is 1.35. The van der Waals surface area contributed by atoms with Crippen LogP contribution in [0.15, 0.2) is 30.5 Å². The van der Waals surface area contributed by atoms with Gasteiger partial charge in [0.15, 0.2) is 0 Å². The summed E-state index contributed by atoms with van der Waals surface area (Å²) in [7, 11) is 1.26. The van der Waals surface area contributed by atoms with Crippen LogP contribution < -0.4 is 0 Å². The molecule has 0 saturated carbocycles. The number of aromatic nitrogens is 1. The van der Waals surface area contributed by atoms with Gasteiger partial charge in [-0.1, -0.05) is 12.1 Å². The number of methoxy groups -OCH3 is 1. The summed E-state index contributed by atoms with van der Waals surface area (Å²) in [5, 5.41) is 1.02. The Kier molecular flexibility index (Phi) is 2.33. The molecule has 0 saturated heterocycles. The molecule has 76 valence electrons. The van der Waals surface area contributed by atoms with Crippen LogP contribution in [-0.2, 0) is 4.74 Å². The zero-order valence-electron chi connectivity index (χ0n) is 8.03. The van der Waals surface area contributed by atoms with Crippen LogP contribution in [0.4, 0.5) is 4.39 Å². The lowest BCUT2D eigenvalue weighted by atomic mass is 10.1. The molecule has 0 unspecified atom stereocenters. The molecule has 1 aromatic carbocycles. The largest absolute Gasteiger partial charge is 0.464 e. The van der Waals surface area contributed by atoms with E-state index in [-0.39, 0.29) is 11.5 Å². The molecule has 2 aromatic rings. The van der Waals surface area contributed by atoms with Crippen molar-refractivity contribution in [3.8, 4) is 0 Å². The molecule has 0 aliphatic heterocycles. The third kappa shape index (κ3) is 1.66. The Morgan fingerprint density at radius 2 is 2.27 bits per heavy atom. The quantitative estimate of drug-likeness (QED) is 0.669. The Labute approximate surface area is 85.5 Å². The number of halogens is 1. The van der Waals surface area contributed by atoms with E-state index in [1.54, 1.807) is 12.1 Å². The number of fused-ring (bicyclic) bond motifs is 1. The lowest BCUT2D eigenvalue weighted by Crippen LogP contribution is -2.03. The number of ether oxygens (including phenoxy) is 1. The van der Waals surface area contributed by atoms with Crippen LogP contribution in [-0.4, -0.2) is 18.1 Å². The first-order valence-electron chi connectivity index (χ1n) is 4.35. The van der Waals surface area contributed by atoms with Crippen LogP contribution in [0.1, 0.15) is 10.5 Å². The van der Waals surface area contributed by atoms with Gasteiger partial charge in [0.1, 0.15) is 11.5 Å². The minimum atomic E-state index is -0.569. The number of pyridine rings is 1. The molecular formula is C11H8FNO2. The summed E-state index contributed by atoms with van der Waals surface area (Å²) in [6.45, 7) is 0. The van der Waals surface area contributed by atoms with Crippen molar-refractivity contribution in [2.24, 2.45) is 0 Å². The van der Waals surface area contributed by atoms with Crippen molar-refractivity contribution < 1.29 is 13.9 Å². The van der Waals surface area contributed by atoms with E-state index in [9.17, 15) is 9.18 Å². The Morgan fingerprint density at radius 1 is 1.47 bits per heavy atom. The molecule has 1 heterocycles. The highest BCUT2D eigenvalue weighted by Crippen LogP contribution is 2.17. The summed E-state index contributed by atoms with van der Waals surface area (Å²) in [5.41, 5.74) is 0.107. The second-order valence-electron chi connectivity index (χ2n) is 3.02. The molecule has 0 bridgehead atoms. The van der Waals surface area contributed by atoms with Crippen LogP contribution in [0.2, 0.25) is 0 Å². The number of carbonyl (C=O) groups excluding carboxylic acids is 1. The summed E-state index contributed by atoms with van der Waals surface area (Å²) in [4.78, 5) is 15.0. The Morgan fingerprint density at radius 3 is 3.00 bits per heavy atom. The first kappa shape index (κ1) is 9.58. The molecule has 0 fully saturated rings. The molecule has 1 aromatic heterocycles. The number of hydrogen-bond acceptors (Lipinski definition) is 3. The fourth-order valence-electron chi connectivity index (χ4n) is 1.35. The SMILES string of the molecule is COC(=O)c1cc2c(F)cccc2cn1. The molecule has 0 spiro atoms. The summed E-state index contributed by atoms with van der Waals surface area (Å²) in [6, 6.07) is 6.05. The molecule has 2 rings (SSSR count). The van der Waals surface area contributed by atoms with Crippen LogP contribution in [0.3, 0.4) is 0 Å². The average Bonchev–Trinajstić information content (AvgIpc) is 2.28. The van der Waals surface area contributed by atoms with Crippen molar-refractivity contribution in [2.75, 3.05) is 7.11 Å². The highest BCUT2D eigenvalue weighted by Gasteiger charge is 2.09. The van der Waals surface area contributed by atoms with Crippen molar-refractivity contribution >= 4 is 16.7 Å². The molecular weight excluding hydrogens is 197 g/mol. The summed E-state index contributed by atoms with van der Waals surface area (Å²) < 4.78 is 17.9. The van der Waals surface area contributed by atoms with Crippen LogP contribution >= 0.6 is 0 Å². The van der Waals surface area contributed by atoms with E-state index in [0.29, 0.717) is 10.8 Å². The Balaban J connectivity index is 2.64. The van der Waals surface area contributed by atoms with Gasteiger partial charge in [0, 0.05) is 17.0 Å². The van der Waals surface area contributed by atoms with Crippen LogP contribution in [0.25, 0.3) is 10.8 Å². The lowest BCUT2D eigenvalue weighted by molar-refractivity contribution is 0.0594. The lowest BCUT2D eigenvalue weighted by Gasteiger charge is -2.01. The Bertz CT molecular complexity index is 525. The topological polar surface area (TPSA) is 39.2 Å². The zero-order valence-corrected chi connectivity index (χ0v) is 8.03. The predicted molar refractivity (Wildman–Crippen MR) is 53.0 cm³/mol. The van der Waals surface area contributed by atoms with Gasteiger partial charge in [-0.2, -0.15) is 0 Å². The average molecular weight is 205 g/mol. The number of hydrogen-bond donors (Lipinski definition) is 0. The van der Waals surface area contributed by atoms with E-state index in [0.717, 1.165) is 0 Å². The van der Waals surface area contributed by atoms with Gasteiger partial charge >= 0.3 is 5.97 Å². The number of rotatable bonds is 1. The molecule has 0 aliphatic carbocycles. The van der Waals surface area contributed by atoms with E-state index in [1.807, 2.05) is 0 Å². The molecule has 0 aliphatic rings. The maximum Gasteiger partial charge on any atom is 0.356 e. The smallest absolute Gasteiger partial charge is 0.356 e. The van der Waals surface area contributed by atoms with E-state index in [2.05, 4.69) is 9.72 Å². The summed E-state index contributed by atoms with van der Waals surface area (Å²) >= 11 is 0. The van der Waals surface area contributed by atoms with Crippen molar-refractivity contribution in [1.29, 1.82) is 0 Å². The van der Waals surface area contributed by atoms with Gasteiger partial charge in [0.05, 0.1) is 7.11 Å². The monoisotopic (exact) mass is 205 g/mol. The predicted octanol–water partition coefficient (Wildman–Crippen LogP) is 2.16. The van der Waals surface area contributed by atoms with Crippen LogP contribution in [0, 0.1) is 5.82 Å². The van der Waals surface area contributed by atoms with Crippen molar-refractivity contribution in [2.45, 2.75) is 0 Å². The summed E-state index contributed by atoms with van der Waals surface area (Å²) in [5.74, 6) is -0.944. The van der Waals surface area contributed by atoms with Gasteiger partial charge in [-0.05, 0) is 12.1 Å². The van der Waals surface area contributed by atoms with Gasteiger partial charge in [-0.25, -0.2) is 14.2 Å². The fraction of sp³-hybridized carbons (Fsp3) is 0.0909. The highest BCUT2D eigenvalue weighted by molar-refractivity contribution is 5.93. The van der Waals surface area contributed by atoms with E-state index >= 15 is 0 Å². The van der Waals surface area contributed by atoms with E-state index in [1.165, 1.54) is 25.4 Å². The number of benzene rings is 1. The molecule has 4 heteroatoms. The maximum atomic E-state index is 13.4. The van der Waals surface area contributed by atoms with Gasteiger partial charge in [-0.3, -0.25) is 0 Å². The second-order valence-corrected chi connectivity index (χ2v) is 3.02. The number of nitrogens with zero attached hydrogens (tertiary/aromatic N) is 1. The number of esters is 1. The van der Waals surface area contributed by atoms with Gasteiger partial charge in [0.25, 0.3) is 0 Å². The van der Waals surface area contributed by atoms with Gasteiger partial charge in [0.2, 0.25) is 0 Å². The molecule has 0 radical (unpaired) electrons. The minimum Gasteiger partial charge on any atom is -0.464 e. The minimum absolute atomic E-state index is 0.107. The normalized spacial score (nSPS) is 10.3. The maximum absolute atomic E-state index is 13.4. The first-order chi connectivity index (χ1) is 7.22. The standard InChI is InChI=1S/C11H8FNO2/c1-15-11(14)10-5-8-7(6-13-10)3-2-4-9(8)12/h2-6H,1H3. The third-order valence-electron chi connectivity index (χ3n) is 2.10. The van der Waals surface area contributed by atoms with Crippen molar-refractivity contribution in [3.63, 3.8) is 0 Å². The Hall–Kier alpha value is -1.97. The molecule has 0 amide bonds. The third-order valence-corrected chi connectivity index (χ3v) is 2.10. The van der Waals surface area contributed by atoms with Crippen molar-refractivity contribution in [3.05, 3.63) is 42.0 Å². The zero-order chi connectivity index (χ0) is 10.8. The number of carbonyl (C=O) groups is 1. The second kappa shape index (κ2) is 3.65. The molecule has 15 heavy (non-hydrogen) atoms.